The minimum absolute atomic E-state index is 0.0455. The zero-order valence-electron chi connectivity index (χ0n) is 27.2. The van der Waals surface area contributed by atoms with E-state index >= 15 is 0 Å². The number of rotatable bonds is 24. The Morgan fingerprint density at radius 1 is 0.804 bits per heavy atom. The molecule has 2 amide bonds. The number of esters is 1. The minimum Gasteiger partial charge on any atom is -0.469 e. The number of aliphatic hydroxyl groups excluding tert-OH is 1. The predicted octanol–water partition coefficient (Wildman–Crippen LogP) is 1.78. The maximum Gasteiger partial charge on any atom is 0.306 e. The van der Waals surface area contributed by atoms with Crippen LogP contribution < -0.4 is 10.6 Å². The molecule has 0 aliphatic carbocycles. The van der Waals surface area contributed by atoms with Crippen molar-refractivity contribution in [1.82, 2.24) is 10.6 Å². The Bertz CT molecular complexity index is 1140. The Balaban J connectivity index is 2.94. The highest BCUT2D eigenvalue weighted by molar-refractivity contribution is 5.99. The monoisotopic (exact) mass is 654 g/mol. The van der Waals surface area contributed by atoms with Gasteiger partial charge in [0.2, 0.25) is 5.91 Å². The van der Waals surface area contributed by atoms with Crippen LogP contribution in [0, 0.1) is 23.6 Å². The Morgan fingerprint density at radius 2 is 1.41 bits per heavy atom. The quantitative estimate of drug-likeness (QED) is 0.0839. The second-order valence-corrected chi connectivity index (χ2v) is 10.9. The maximum atomic E-state index is 13.4. The van der Waals surface area contributed by atoms with Gasteiger partial charge in [0.15, 0.2) is 17.8 Å². The first-order chi connectivity index (χ1) is 21.8. The van der Waals surface area contributed by atoms with Crippen LogP contribution in [-0.2, 0) is 42.9 Å². The maximum absolute atomic E-state index is 13.4. The fourth-order valence-corrected chi connectivity index (χ4v) is 4.28. The molecule has 4 atom stereocenters. The third-order valence-corrected chi connectivity index (χ3v) is 7.08. The molecule has 4 unspecified atom stereocenters. The number of halogens is 1. The van der Waals surface area contributed by atoms with Gasteiger partial charge in [-0.2, -0.15) is 0 Å². The first kappa shape index (κ1) is 40.4. The van der Waals surface area contributed by atoms with Crippen LogP contribution >= 0.6 is 0 Å². The molecule has 0 saturated heterocycles. The number of benzene rings is 1. The number of amides is 2. The number of hydrogen-bond acceptors (Lipinski definition) is 11. The molecule has 1 rings (SSSR count). The summed E-state index contributed by atoms with van der Waals surface area (Å²) in [6, 6.07) is 3.66. The van der Waals surface area contributed by atoms with Gasteiger partial charge in [-0.15, -0.1) is 0 Å². The SMILES string of the molecule is CCC(=O)C(CC(=O)OC)CC(=O)C(C)NC(=O)C(CC(=O)C(NC(=O)c1ccc(F)cc1)OCCOCCOCCO)C(C)C. The van der Waals surface area contributed by atoms with Crippen molar-refractivity contribution in [3.05, 3.63) is 35.6 Å². The fraction of sp³-hybridized carbons (Fsp3) is 0.625. The Morgan fingerprint density at radius 3 is 1.98 bits per heavy atom. The summed E-state index contributed by atoms with van der Waals surface area (Å²) >= 11 is 0. The molecule has 3 N–H and O–H groups in total. The van der Waals surface area contributed by atoms with Crippen molar-refractivity contribution in [2.45, 2.75) is 65.6 Å². The lowest BCUT2D eigenvalue weighted by molar-refractivity contribution is -0.144. The predicted molar refractivity (Wildman–Crippen MR) is 163 cm³/mol. The van der Waals surface area contributed by atoms with Crippen molar-refractivity contribution < 1.29 is 57.2 Å². The van der Waals surface area contributed by atoms with E-state index in [2.05, 4.69) is 15.4 Å². The van der Waals surface area contributed by atoms with E-state index < -0.39 is 59.3 Å². The van der Waals surface area contributed by atoms with E-state index in [0.29, 0.717) is 0 Å². The van der Waals surface area contributed by atoms with Gasteiger partial charge >= 0.3 is 5.97 Å². The molecule has 0 bridgehead atoms. The summed E-state index contributed by atoms with van der Waals surface area (Å²) in [5, 5.41) is 13.8. The van der Waals surface area contributed by atoms with Gasteiger partial charge in [0.1, 0.15) is 11.6 Å². The summed E-state index contributed by atoms with van der Waals surface area (Å²) in [6.07, 6.45) is -2.23. The van der Waals surface area contributed by atoms with Crippen LogP contribution in [0.4, 0.5) is 4.39 Å². The number of ether oxygens (including phenoxy) is 4. The Labute approximate surface area is 268 Å². The van der Waals surface area contributed by atoms with Crippen molar-refractivity contribution in [1.29, 1.82) is 0 Å². The van der Waals surface area contributed by atoms with E-state index in [1.54, 1.807) is 20.8 Å². The van der Waals surface area contributed by atoms with Crippen LogP contribution in [0.5, 0.6) is 0 Å². The first-order valence-corrected chi connectivity index (χ1v) is 15.2. The summed E-state index contributed by atoms with van der Waals surface area (Å²) in [5.74, 6) is -6.01. The third kappa shape index (κ3) is 15.1. The lowest BCUT2D eigenvalue weighted by Gasteiger charge is -2.25. The van der Waals surface area contributed by atoms with Crippen molar-refractivity contribution >= 4 is 35.1 Å². The van der Waals surface area contributed by atoms with Crippen molar-refractivity contribution in [3.63, 3.8) is 0 Å². The number of carbonyl (C=O) groups excluding carboxylic acids is 6. The zero-order valence-corrected chi connectivity index (χ0v) is 27.2. The van der Waals surface area contributed by atoms with E-state index in [1.165, 1.54) is 26.2 Å². The van der Waals surface area contributed by atoms with E-state index in [-0.39, 0.29) is 82.6 Å². The molecule has 1 aromatic carbocycles. The van der Waals surface area contributed by atoms with Gasteiger partial charge in [-0.1, -0.05) is 20.8 Å². The molecule has 0 saturated carbocycles. The molecule has 0 radical (unpaired) electrons. The molecule has 13 nitrogen and oxygen atoms in total. The van der Waals surface area contributed by atoms with Gasteiger partial charge in [0.25, 0.3) is 5.91 Å². The van der Waals surface area contributed by atoms with Crippen LogP contribution in [-0.4, -0.2) is 99.3 Å². The Hall–Kier alpha value is -3.59. The molecule has 0 spiro atoms. The largest absolute Gasteiger partial charge is 0.469 e. The van der Waals surface area contributed by atoms with Crippen LogP contribution in [0.3, 0.4) is 0 Å². The highest BCUT2D eigenvalue weighted by atomic mass is 19.1. The van der Waals surface area contributed by atoms with E-state index in [4.69, 9.17) is 19.3 Å². The van der Waals surface area contributed by atoms with Gasteiger partial charge in [0.05, 0.1) is 59.2 Å². The number of hydrogen-bond donors (Lipinski definition) is 3. The lowest BCUT2D eigenvalue weighted by atomic mass is 9.88. The summed E-state index contributed by atoms with van der Waals surface area (Å²) < 4.78 is 34.1. The van der Waals surface area contributed by atoms with Gasteiger partial charge in [-0.25, -0.2) is 4.39 Å². The van der Waals surface area contributed by atoms with Crippen LogP contribution in [0.1, 0.15) is 63.7 Å². The highest BCUT2D eigenvalue weighted by Crippen LogP contribution is 2.19. The average molecular weight is 655 g/mol. The summed E-state index contributed by atoms with van der Waals surface area (Å²) in [5.41, 5.74) is 0.0811. The number of ketones is 3. The smallest absolute Gasteiger partial charge is 0.306 e. The fourth-order valence-electron chi connectivity index (χ4n) is 4.28. The van der Waals surface area contributed by atoms with Gasteiger partial charge in [-0.3, -0.25) is 28.8 Å². The summed E-state index contributed by atoms with van der Waals surface area (Å²) in [7, 11) is 1.18. The molecule has 258 valence electrons. The molecular formula is C32H47FN2O11. The molecule has 0 fully saturated rings. The van der Waals surface area contributed by atoms with E-state index in [1.807, 2.05) is 0 Å². The first-order valence-electron chi connectivity index (χ1n) is 15.2. The number of nitrogens with one attached hydrogen (secondary N) is 2. The van der Waals surface area contributed by atoms with Gasteiger partial charge < -0.3 is 34.7 Å². The molecule has 0 aliphatic rings. The molecule has 0 aliphatic heterocycles. The van der Waals surface area contributed by atoms with E-state index in [9.17, 15) is 33.2 Å². The molecule has 46 heavy (non-hydrogen) atoms. The van der Waals surface area contributed by atoms with Gasteiger partial charge in [-0.05, 0) is 37.1 Å². The molecule has 1 aromatic rings. The van der Waals surface area contributed by atoms with Crippen LogP contribution in [0.25, 0.3) is 0 Å². The average Bonchev–Trinajstić information content (AvgIpc) is 3.03. The standard InChI is InChI=1S/C32H47FN2O11/c1-6-26(37)23(18-29(40)43-5)17-27(38)21(4)34-31(42)25(20(2)3)19-28(39)32(46-16-15-45-14-13-44-12-11-36)35-30(41)22-7-9-24(33)10-8-22/h7-10,20-21,23,25,32,36H,6,11-19H2,1-5H3,(H,34,42)(H,35,41). The second-order valence-electron chi connectivity index (χ2n) is 10.9. The minimum atomic E-state index is -1.47. The van der Waals surface area contributed by atoms with Gasteiger partial charge in [0, 0.05) is 36.7 Å². The zero-order chi connectivity index (χ0) is 34.6. The second kappa shape index (κ2) is 22.0. The molecule has 14 heteroatoms. The van der Waals surface area contributed by atoms with Crippen molar-refractivity contribution in [2.75, 3.05) is 46.8 Å². The lowest BCUT2D eigenvalue weighted by Crippen LogP contribution is -2.47. The highest BCUT2D eigenvalue weighted by Gasteiger charge is 2.33. The molecule has 0 aromatic heterocycles. The van der Waals surface area contributed by atoms with Crippen molar-refractivity contribution in [2.24, 2.45) is 17.8 Å². The van der Waals surface area contributed by atoms with E-state index in [0.717, 1.165) is 12.1 Å². The molecular weight excluding hydrogens is 607 g/mol. The number of carbonyl (C=O) groups is 6. The summed E-state index contributed by atoms with van der Waals surface area (Å²) in [4.78, 5) is 76.5. The topological polar surface area (TPSA) is 184 Å². The normalized spacial score (nSPS) is 13.7. The third-order valence-electron chi connectivity index (χ3n) is 7.08. The number of aliphatic hydroxyl groups is 1. The number of methoxy groups -OCH3 is 1. The van der Waals surface area contributed by atoms with Crippen LogP contribution in [0.15, 0.2) is 24.3 Å². The number of Topliss-reactive ketones (excluding diaryl/α,β-unsaturated/α-hetero) is 3. The van der Waals surface area contributed by atoms with Crippen molar-refractivity contribution in [3.8, 4) is 0 Å². The summed E-state index contributed by atoms with van der Waals surface area (Å²) in [6.45, 7) is 6.93. The van der Waals surface area contributed by atoms with Crippen LogP contribution in [0.2, 0.25) is 0 Å². The Kier molecular flexibility index (Phi) is 19.4. The molecule has 0 heterocycles.